The van der Waals surface area contributed by atoms with Crippen LogP contribution >= 0.6 is 15.9 Å². The van der Waals surface area contributed by atoms with Crippen LogP contribution in [-0.4, -0.2) is 19.2 Å². The van der Waals surface area contributed by atoms with Crippen LogP contribution in [0.1, 0.15) is 45.7 Å². The number of ether oxygens (including phenoxy) is 1. The van der Waals surface area contributed by atoms with Gasteiger partial charge in [0.1, 0.15) is 6.61 Å². The van der Waals surface area contributed by atoms with E-state index < -0.39 is 0 Å². The van der Waals surface area contributed by atoms with Crippen molar-refractivity contribution < 1.29 is 19.3 Å². The lowest BCUT2D eigenvalue weighted by Gasteiger charge is -2.12. The molecule has 0 aromatic heterocycles. The van der Waals surface area contributed by atoms with Gasteiger partial charge in [-0.2, -0.15) is 0 Å². The van der Waals surface area contributed by atoms with Gasteiger partial charge in [-0.3, -0.25) is 0 Å². The van der Waals surface area contributed by atoms with Crippen molar-refractivity contribution in [2.75, 3.05) is 13.2 Å². The SMILES string of the molecule is CCOOCc1ccc(C(Br)c2ccc(C(=O)OCC)cc2)cc1. The van der Waals surface area contributed by atoms with Crippen molar-refractivity contribution in [3.05, 3.63) is 70.8 Å². The number of hydrogen-bond donors (Lipinski definition) is 0. The number of rotatable bonds is 8. The van der Waals surface area contributed by atoms with Gasteiger partial charge in [0.15, 0.2) is 0 Å². The molecule has 2 aromatic rings. The lowest BCUT2D eigenvalue weighted by atomic mass is 10.0. The van der Waals surface area contributed by atoms with E-state index in [-0.39, 0.29) is 10.8 Å². The van der Waals surface area contributed by atoms with Gasteiger partial charge in [0.25, 0.3) is 0 Å². The zero-order valence-corrected chi connectivity index (χ0v) is 15.4. The van der Waals surface area contributed by atoms with Crippen molar-refractivity contribution in [1.29, 1.82) is 0 Å². The van der Waals surface area contributed by atoms with E-state index >= 15 is 0 Å². The number of hydrogen-bond acceptors (Lipinski definition) is 4. The molecule has 2 rings (SSSR count). The topological polar surface area (TPSA) is 44.8 Å². The summed E-state index contributed by atoms with van der Waals surface area (Å²) in [6.07, 6.45) is 0. The predicted octanol–water partition coefficient (Wildman–Crippen LogP) is 4.82. The highest BCUT2D eigenvalue weighted by atomic mass is 79.9. The van der Waals surface area contributed by atoms with Gasteiger partial charge in [-0.25, -0.2) is 14.6 Å². The standard InChI is InChI=1S/C19H21BrO4/c1-3-22-19(21)17-11-9-16(10-12-17)18(20)15-7-5-14(6-8-15)13-24-23-4-2/h5-12,18H,3-4,13H2,1-2H3. The highest BCUT2D eigenvalue weighted by Gasteiger charge is 2.12. The Bertz CT molecular complexity index is 637. The van der Waals surface area contributed by atoms with Crippen molar-refractivity contribution in [3.63, 3.8) is 0 Å². The number of halogens is 1. The number of alkyl halides is 1. The van der Waals surface area contributed by atoms with Crippen molar-refractivity contribution in [2.24, 2.45) is 0 Å². The molecule has 0 radical (unpaired) electrons. The number of carbonyl (C=O) groups is 1. The fourth-order valence-electron chi connectivity index (χ4n) is 2.17. The van der Waals surface area contributed by atoms with E-state index in [1.54, 1.807) is 19.1 Å². The Hall–Kier alpha value is -1.69. The summed E-state index contributed by atoms with van der Waals surface area (Å²) in [6, 6.07) is 15.5. The molecule has 1 atom stereocenters. The van der Waals surface area contributed by atoms with Crippen molar-refractivity contribution in [1.82, 2.24) is 0 Å². The molecule has 0 spiro atoms. The summed E-state index contributed by atoms with van der Waals surface area (Å²) in [6.45, 7) is 5.01. The van der Waals surface area contributed by atoms with Crippen LogP contribution in [0, 0.1) is 0 Å². The van der Waals surface area contributed by atoms with E-state index in [4.69, 9.17) is 14.5 Å². The van der Waals surface area contributed by atoms with E-state index in [9.17, 15) is 4.79 Å². The Morgan fingerprint density at radius 2 is 1.50 bits per heavy atom. The molecule has 24 heavy (non-hydrogen) atoms. The largest absolute Gasteiger partial charge is 0.462 e. The number of carbonyl (C=O) groups excluding carboxylic acids is 1. The van der Waals surface area contributed by atoms with E-state index in [1.807, 2.05) is 43.3 Å². The van der Waals surface area contributed by atoms with Crippen LogP contribution in [-0.2, 0) is 21.1 Å². The summed E-state index contributed by atoms with van der Waals surface area (Å²) in [7, 11) is 0. The quantitative estimate of drug-likeness (QED) is 0.212. The smallest absolute Gasteiger partial charge is 0.338 e. The molecular formula is C19H21BrO4. The molecule has 0 amide bonds. The Balaban J connectivity index is 2.02. The van der Waals surface area contributed by atoms with E-state index in [1.165, 1.54) is 0 Å². The van der Waals surface area contributed by atoms with Gasteiger partial charge in [-0.05, 0) is 42.7 Å². The minimum atomic E-state index is -0.297. The summed E-state index contributed by atoms with van der Waals surface area (Å²) < 4.78 is 4.99. The molecule has 5 heteroatoms. The summed E-state index contributed by atoms with van der Waals surface area (Å²) >= 11 is 3.70. The monoisotopic (exact) mass is 392 g/mol. The average Bonchev–Trinajstić information content (AvgIpc) is 2.62. The van der Waals surface area contributed by atoms with Gasteiger partial charge in [0.05, 0.1) is 23.6 Å². The zero-order chi connectivity index (χ0) is 17.4. The molecule has 0 saturated heterocycles. The maximum Gasteiger partial charge on any atom is 0.338 e. The molecule has 0 saturated carbocycles. The lowest BCUT2D eigenvalue weighted by Crippen LogP contribution is -2.04. The molecule has 0 aliphatic heterocycles. The van der Waals surface area contributed by atoms with Gasteiger partial charge < -0.3 is 4.74 Å². The summed E-state index contributed by atoms with van der Waals surface area (Å²) in [5, 5.41) is 0. The second-order valence-electron chi connectivity index (χ2n) is 5.12. The van der Waals surface area contributed by atoms with E-state index in [0.717, 1.165) is 16.7 Å². The third-order valence-corrected chi connectivity index (χ3v) is 4.47. The third kappa shape index (κ3) is 5.16. The summed E-state index contributed by atoms with van der Waals surface area (Å²) in [5.41, 5.74) is 3.80. The Morgan fingerprint density at radius 1 is 0.917 bits per heavy atom. The molecule has 0 bridgehead atoms. The summed E-state index contributed by atoms with van der Waals surface area (Å²) in [5.74, 6) is -0.297. The van der Waals surface area contributed by atoms with Gasteiger partial charge >= 0.3 is 5.97 Å². The third-order valence-electron chi connectivity index (χ3n) is 3.41. The van der Waals surface area contributed by atoms with Crippen LogP contribution in [0.25, 0.3) is 0 Å². The molecule has 0 aliphatic rings. The summed E-state index contributed by atoms with van der Waals surface area (Å²) in [4.78, 5) is 21.7. The van der Waals surface area contributed by atoms with Crippen molar-refractivity contribution in [2.45, 2.75) is 25.3 Å². The number of benzene rings is 2. The van der Waals surface area contributed by atoms with Crippen molar-refractivity contribution in [3.8, 4) is 0 Å². The van der Waals surface area contributed by atoms with Gasteiger partial charge in [0, 0.05) is 0 Å². The first-order valence-electron chi connectivity index (χ1n) is 7.90. The normalized spacial score (nSPS) is 12.0. The minimum Gasteiger partial charge on any atom is -0.462 e. The fraction of sp³-hybridized carbons (Fsp3) is 0.316. The molecule has 4 nitrogen and oxygen atoms in total. The van der Waals surface area contributed by atoms with E-state index in [2.05, 4.69) is 15.9 Å². The van der Waals surface area contributed by atoms with Gasteiger partial charge in [-0.1, -0.05) is 52.3 Å². The van der Waals surface area contributed by atoms with Gasteiger partial charge in [-0.15, -0.1) is 0 Å². The first-order valence-corrected chi connectivity index (χ1v) is 8.81. The van der Waals surface area contributed by atoms with Crippen LogP contribution in [0.4, 0.5) is 0 Å². The highest BCUT2D eigenvalue weighted by Crippen LogP contribution is 2.31. The molecule has 1 unspecified atom stereocenters. The van der Waals surface area contributed by atoms with Crippen LogP contribution < -0.4 is 0 Å². The molecule has 128 valence electrons. The average molecular weight is 393 g/mol. The maximum absolute atomic E-state index is 11.7. The second-order valence-corrected chi connectivity index (χ2v) is 6.03. The van der Waals surface area contributed by atoms with Crippen molar-refractivity contribution >= 4 is 21.9 Å². The molecule has 0 fully saturated rings. The molecular weight excluding hydrogens is 372 g/mol. The molecule has 0 heterocycles. The van der Waals surface area contributed by atoms with Crippen LogP contribution in [0.2, 0.25) is 0 Å². The lowest BCUT2D eigenvalue weighted by molar-refractivity contribution is -0.300. The molecule has 2 aromatic carbocycles. The van der Waals surface area contributed by atoms with Crippen LogP contribution in [0.15, 0.2) is 48.5 Å². The molecule has 0 N–H and O–H groups in total. The van der Waals surface area contributed by atoms with E-state index in [0.29, 0.717) is 25.4 Å². The highest BCUT2D eigenvalue weighted by molar-refractivity contribution is 9.09. The Kier molecular flexibility index (Phi) is 7.43. The first-order chi connectivity index (χ1) is 11.7. The zero-order valence-electron chi connectivity index (χ0n) is 13.8. The Morgan fingerprint density at radius 3 is 2.04 bits per heavy atom. The maximum atomic E-state index is 11.7. The predicted molar refractivity (Wildman–Crippen MR) is 96.0 cm³/mol. The first kappa shape index (κ1) is 18.6. The van der Waals surface area contributed by atoms with Crippen LogP contribution in [0.3, 0.4) is 0 Å². The van der Waals surface area contributed by atoms with Gasteiger partial charge in [0.2, 0.25) is 0 Å². The fourth-order valence-corrected chi connectivity index (χ4v) is 2.78. The molecule has 0 aliphatic carbocycles. The number of esters is 1. The second kappa shape index (κ2) is 9.57. The minimum absolute atomic E-state index is 0.0515. The Labute approximate surface area is 150 Å². The van der Waals surface area contributed by atoms with Crippen LogP contribution in [0.5, 0.6) is 0 Å².